The summed E-state index contributed by atoms with van der Waals surface area (Å²) in [6.07, 6.45) is 2.26. The van der Waals surface area contributed by atoms with Crippen LogP contribution in [0.2, 0.25) is 0 Å². The van der Waals surface area contributed by atoms with E-state index in [1.165, 1.54) is 0 Å². The molecular weight excluding hydrogens is 292 g/mol. The van der Waals surface area contributed by atoms with Crippen molar-refractivity contribution in [1.82, 2.24) is 5.32 Å². The predicted octanol–water partition coefficient (Wildman–Crippen LogP) is 1.96. The van der Waals surface area contributed by atoms with Crippen LogP contribution in [0.15, 0.2) is 43.0 Å². The molecule has 2 unspecified atom stereocenters. The first kappa shape index (κ1) is 18.9. The second kappa shape index (κ2) is 8.48. The molecule has 0 heterocycles. The molecule has 126 valence electrons. The fourth-order valence-corrected chi connectivity index (χ4v) is 1.99. The quantitative estimate of drug-likeness (QED) is 0.595. The molecule has 2 atom stereocenters. The van der Waals surface area contributed by atoms with Crippen LogP contribution in [0, 0.1) is 0 Å². The van der Waals surface area contributed by atoms with Crippen LogP contribution >= 0.6 is 0 Å². The Balaban J connectivity index is 2.66. The molecule has 1 aromatic carbocycles. The highest BCUT2D eigenvalue weighted by Gasteiger charge is 2.27. The molecule has 23 heavy (non-hydrogen) atoms. The Morgan fingerprint density at radius 2 is 1.91 bits per heavy atom. The van der Waals surface area contributed by atoms with Gasteiger partial charge in [0.05, 0.1) is 6.04 Å². The van der Waals surface area contributed by atoms with E-state index in [1.54, 1.807) is 26.8 Å². The number of benzene rings is 1. The first-order valence-electron chi connectivity index (χ1n) is 7.66. The Labute approximate surface area is 137 Å². The van der Waals surface area contributed by atoms with Crippen molar-refractivity contribution < 1.29 is 14.3 Å². The largest absolute Gasteiger partial charge is 0.458 e. The van der Waals surface area contributed by atoms with Gasteiger partial charge in [0, 0.05) is 0 Å². The van der Waals surface area contributed by atoms with Gasteiger partial charge >= 0.3 is 5.97 Å². The van der Waals surface area contributed by atoms with Gasteiger partial charge in [0.1, 0.15) is 11.6 Å². The van der Waals surface area contributed by atoms with Gasteiger partial charge in [-0.25, -0.2) is 4.79 Å². The van der Waals surface area contributed by atoms with Crippen LogP contribution in [0.25, 0.3) is 0 Å². The molecular formula is C18H26N2O3. The van der Waals surface area contributed by atoms with Gasteiger partial charge in [0.15, 0.2) is 0 Å². The Hall–Kier alpha value is -2.14. The number of hydrogen-bond donors (Lipinski definition) is 2. The fourth-order valence-electron chi connectivity index (χ4n) is 1.99. The summed E-state index contributed by atoms with van der Waals surface area (Å²) in [5.41, 5.74) is 6.28. The van der Waals surface area contributed by atoms with Crippen LogP contribution in [-0.2, 0) is 20.7 Å². The number of nitrogens with one attached hydrogen (secondary N) is 1. The molecule has 0 saturated carbocycles. The van der Waals surface area contributed by atoms with Crippen molar-refractivity contribution in [2.24, 2.45) is 5.73 Å². The van der Waals surface area contributed by atoms with Gasteiger partial charge in [-0.2, -0.15) is 0 Å². The zero-order chi connectivity index (χ0) is 17.5. The minimum atomic E-state index is -0.777. The van der Waals surface area contributed by atoms with E-state index in [2.05, 4.69) is 11.9 Å². The molecule has 0 aromatic heterocycles. The number of carbonyl (C=O) groups excluding carboxylic acids is 2. The van der Waals surface area contributed by atoms with E-state index in [4.69, 9.17) is 10.5 Å². The zero-order valence-corrected chi connectivity index (χ0v) is 14.0. The van der Waals surface area contributed by atoms with Crippen molar-refractivity contribution in [3.8, 4) is 0 Å². The Bertz CT molecular complexity index is 535. The summed E-state index contributed by atoms with van der Waals surface area (Å²) in [7, 11) is 0. The van der Waals surface area contributed by atoms with Gasteiger partial charge in [-0.1, -0.05) is 36.4 Å². The first-order chi connectivity index (χ1) is 10.7. The highest BCUT2D eigenvalue weighted by Crippen LogP contribution is 2.10. The van der Waals surface area contributed by atoms with Crippen LogP contribution in [0.3, 0.4) is 0 Å². The molecule has 0 radical (unpaired) electrons. The van der Waals surface area contributed by atoms with Crippen LogP contribution < -0.4 is 11.1 Å². The van der Waals surface area contributed by atoms with Crippen molar-refractivity contribution in [2.45, 2.75) is 51.3 Å². The lowest BCUT2D eigenvalue weighted by atomic mass is 10.1. The predicted molar refractivity (Wildman–Crippen MR) is 90.7 cm³/mol. The van der Waals surface area contributed by atoms with Crippen molar-refractivity contribution in [3.63, 3.8) is 0 Å². The number of hydrogen-bond acceptors (Lipinski definition) is 4. The number of ether oxygens (including phenoxy) is 1. The standard InChI is InChI=1S/C18H26N2O3/c1-5-9-15(17(22)23-18(2,3)4)20-16(21)14(19)12-13-10-7-6-8-11-13/h5-8,10-11,14-15H,1,9,12,19H2,2-4H3,(H,20,21). The summed E-state index contributed by atoms with van der Waals surface area (Å²) < 4.78 is 5.31. The van der Waals surface area contributed by atoms with Crippen LogP contribution in [-0.4, -0.2) is 29.6 Å². The summed E-state index contributed by atoms with van der Waals surface area (Å²) in [6, 6.07) is 7.98. The lowest BCUT2D eigenvalue weighted by molar-refractivity contribution is -0.158. The van der Waals surface area contributed by atoms with E-state index in [1.807, 2.05) is 30.3 Å². The third kappa shape index (κ3) is 7.10. The number of rotatable bonds is 7. The summed E-state index contributed by atoms with van der Waals surface area (Å²) in [5, 5.41) is 2.65. The molecule has 5 nitrogen and oxygen atoms in total. The molecule has 0 fully saturated rings. The van der Waals surface area contributed by atoms with Crippen molar-refractivity contribution in [3.05, 3.63) is 48.6 Å². The van der Waals surface area contributed by atoms with Gasteiger partial charge in [-0.05, 0) is 39.2 Å². The normalized spacial score (nSPS) is 13.7. The molecule has 1 amide bonds. The molecule has 0 aliphatic carbocycles. The van der Waals surface area contributed by atoms with E-state index in [-0.39, 0.29) is 5.91 Å². The SMILES string of the molecule is C=CCC(NC(=O)C(N)Cc1ccccc1)C(=O)OC(C)(C)C. The topological polar surface area (TPSA) is 81.4 Å². The van der Waals surface area contributed by atoms with Gasteiger partial charge in [-0.3, -0.25) is 4.79 Å². The minimum Gasteiger partial charge on any atom is -0.458 e. The van der Waals surface area contributed by atoms with Crippen LogP contribution in [0.1, 0.15) is 32.8 Å². The summed E-state index contributed by atoms with van der Waals surface area (Å²) >= 11 is 0. The molecule has 1 rings (SSSR count). The maximum Gasteiger partial charge on any atom is 0.329 e. The Kier molecular flexibility index (Phi) is 6.97. The summed E-state index contributed by atoms with van der Waals surface area (Å²) in [6.45, 7) is 8.94. The maximum atomic E-state index is 12.2. The number of nitrogens with two attached hydrogens (primary N) is 1. The molecule has 1 aromatic rings. The van der Waals surface area contributed by atoms with Crippen LogP contribution in [0.4, 0.5) is 0 Å². The van der Waals surface area contributed by atoms with E-state index in [9.17, 15) is 9.59 Å². The smallest absolute Gasteiger partial charge is 0.329 e. The molecule has 0 aliphatic heterocycles. The highest BCUT2D eigenvalue weighted by molar-refractivity contribution is 5.87. The Morgan fingerprint density at radius 3 is 2.43 bits per heavy atom. The second-order valence-electron chi connectivity index (χ2n) is 6.42. The van der Waals surface area contributed by atoms with E-state index < -0.39 is 23.7 Å². The molecule has 0 bridgehead atoms. The van der Waals surface area contributed by atoms with Crippen LogP contribution in [0.5, 0.6) is 0 Å². The second-order valence-corrected chi connectivity index (χ2v) is 6.42. The number of amides is 1. The van der Waals surface area contributed by atoms with Crippen molar-refractivity contribution in [2.75, 3.05) is 0 Å². The molecule has 0 aliphatic rings. The summed E-state index contributed by atoms with van der Waals surface area (Å²) in [4.78, 5) is 24.4. The van der Waals surface area contributed by atoms with E-state index >= 15 is 0 Å². The van der Waals surface area contributed by atoms with Gasteiger partial charge < -0.3 is 15.8 Å². The lowest BCUT2D eigenvalue weighted by Gasteiger charge is -2.24. The number of carbonyl (C=O) groups is 2. The Morgan fingerprint density at radius 1 is 1.30 bits per heavy atom. The van der Waals surface area contributed by atoms with Crippen molar-refractivity contribution >= 4 is 11.9 Å². The monoisotopic (exact) mass is 318 g/mol. The molecule has 0 spiro atoms. The van der Waals surface area contributed by atoms with Gasteiger partial charge in [0.25, 0.3) is 0 Å². The lowest BCUT2D eigenvalue weighted by Crippen LogP contribution is -2.50. The minimum absolute atomic E-state index is 0.290. The van der Waals surface area contributed by atoms with Gasteiger partial charge in [0.2, 0.25) is 5.91 Å². The average Bonchev–Trinajstić information content (AvgIpc) is 2.45. The van der Waals surface area contributed by atoms with E-state index in [0.717, 1.165) is 5.56 Å². The number of esters is 1. The first-order valence-corrected chi connectivity index (χ1v) is 7.66. The third-order valence-electron chi connectivity index (χ3n) is 3.05. The highest BCUT2D eigenvalue weighted by atomic mass is 16.6. The van der Waals surface area contributed by atoms with Gasteiger partial charge in [-0.15, -0.1) is 6.58 Å². The summed E-state index contributed by atoms with van der Waals surface area (Å²) in [5.74, 6) is -0.871. The molecule has 3 N–H and O–H groups in total. The van der Waals surface area contributed by atoms with Crippen molar-refractivity contribution in [1.29, 1.82) is 0 Å². The molecule has 5 heteroatoms. The fraction of sp³-hybridized carbons (Fsp3) is 0.444. The van der Waals surface area contributed by atoms with E-state index in [0.29, 0.717) is 12.8 Å². The zero-order valence-electron chi connectivity index (χ0n) is 14.0. The average molecular weight is 318 g/mol. The third-order valence-corrected chi connectivity index (χ3v) is 3.05. The maximum absolute atomic E-state index is 12.2. The molecule has 0 saturated heterocycles.